The summed E-state index contributed by atoms with van der Waals surface area (Å²) in [6, 6.07) is 0. The average molecular weight is 151 g/mol. The van der Waals surface area contributed by atoms with Gasteiger partial charge in [0.1, 0.15) is 0 Å². The van der Waals surface area contributed by atoms with E-state index in [9.17, 15) is 0 Å². The molecule has 1 heteroatoms. The highest BCUT2D eigenvalue weighted by atomic mass is 14.8. The molecule has 4 saturated carbocycles. The van der Waals surface area contributed by atoms with E-state index in [1.54, 1.807) is 0 Å². The van der Waals surface area contributed by atoms with Crippen LogP contribution in [0, 0.1) is 29.1 Å². The molecule has 4 rings (SSSR count). The minimum Gasteiger partial charge on any atom is -0.330 e. The van der Waals surface area contributed by atoms with Crippen LogP contribution in [0.3, 0.4) is 0 Å². The van der Waals surface area contributed by atoms with Gasteiger partial charge in [0.05, 0.1) is 0 Å². The molecule has 0 amide bonds. The molecule has 3 unspecified atom stereocenters. The van der Waals surface area contributed by atoms with E-state index < -0.39 is 0 Å². The summed E-state index contributed by atoms with van der Waals surface area (Å²) >= 11 is 0. The van der Waals surface area contributed by atoms with Gasteiger partial charge in [-0.3, -0.25) is 0 Å². The van der Waals surface area contributed by atoms with Crippen molar-refractivity contribution in [1.82, 2.24) is 0 Å². The summed E-state index contributed by atoms with van der Waals surface area (Å²) in [5.74, 6) is 4.11. The maximum Gasteiger partial charge on any atom is -0.00408 e. The first kappa shape index (κ1) is 6.47. The van der Waals surface area contributed by atoms with Gasteiger partial charge in [-0.25, -0.2) is 0 Å². The molecular formula is C10H17N. The van der Waals surface area contributed by atoms with E-state index in [4.69, 9.17) is 5.73 Å². The van der Waals surface area contributed by atoms with Crippen molar-refractivity contribution in [1.29, 1.82) is 0 Å². The van der Waals surface area contributed by atoms with Crippen molar-refractivity contribution in [3.63, 3.8) is 0 Å². The molecule has 1 nitrogen and oxygen atoms in total. The topological polar surface area (TPSA) is 26.0 Å². The van der Waals surface area contributed by atoms with E-state index in [1.807, 2.05) is 0 Å². The number of nitrogens with two attached hydrogens (primary N) is 1. The zero-order chi connectivity index (χ0) is 7.64. The molecule has 0 heterocycles. The highest BCUT2D eigenvalue weighted by Gasteiger charge is 2.70. The van der Waals surface area contributed by atoms with Crippen molar-refractivity contribution in [3.8, 4) is 0 Å². The number of hydrogen-bond donors (Lipinski definition) is 1. The van der Waals surface area contributed by atoms with Crippen LogP contribution < -0.4 is 5.73 Å². The van der Waals surface area contributed by atoms with Gasteiger partial charge in [-0.2, -0.15) is 0 Å². The zero-order valence-electron chi connectivity index (χ0n) is 7.22. The maximum atomic E-state index is 5.75. The van der Waals surface area contributed by atoms with Crippen molar-refractivity contribution < 1.29 is 0 Å². The summed E-state index contributed by atoms with van der Waals surface area (Å²) < 4.78 is 0. The first-order valence-electron chi connectivity index (χ1n) is 4.98. The lowest BCUT2D eigenvalue weighted by atomic mass is 9.35. The Morgan fingerprint density at radius 2 is 2.09 bits per heavy atom. The number of hydrogen-bond acceptors (Lipinski definition) is 1. The standard InChI is InChI=1S/C10H17N/c1-6-2-8(6)10-3-7(4-10)9(10)5-11/h6-9H,2-5,11H2,1H3. The van der Waals surface area contributed by atoms with Crippen molar-refractivity contribution >= 4 is 0 Å². The summed E-state index contributed by atoms with van der Waals surface area (Å²) in [7, 11) is 0. The van der Waals surface area contributed by atoms with Crippen molar-refractivity contribution in [2.75, 3.05) is 6.54 Å². The fourth-order valence-electron chi connectivity index (χ4n) is 3.78. The summed E-state index contributed by atoms with van der Waals surface area (Å²) in [4.78, 5) is 0. The predicted octanol–water partition coefficient (Wildman–Crippen LogP) is 1.63. The fraction of sp³-hybridized carbons (Fsp3) is 1.00. The second kappa shape index (κ2) is 1.66. The summed E-state index contributed by atoms with van der Waals surface area (Å²) in [5.41, 5.74) is 6.54. The van der Waals surface area contributed by atoms with Gasteiger partial charge in [0.2, 0.25) is 0 Å². The summed E-state index contributed by atoms with van der Waals surface area (Å²) in [6.07, 6.45) is 4.57. The molecule has 62 valence electrons. The Bertz CT molecular complexity index is 187. The van der Waals surface area contributed by atoms with Gasteiger partial charge in [0, 0.05) is 0 Å². The molecule has 2 bridgehead atoms. The molecule has 3 atom stereocenters. The third-order valence-electron chi connectivity index (χ3n) is 4.69. The highest BCUT2D eigenvalue weighted by molar-refractivity contribution is 5.20. The normalized spacial score (nSPS) is 64.9. The minimum absolute atomic E-state index is 0.791. The smallest absolute Gasteiger partial charge is 0.00408 e. The van der Waals surface area contributed by atoms with Crippen LogP contribution in [0.4, 0.5) is 0 Å². The SMILES string of the molecule is CC1CC1C12CC(C1)C2CN. The average Bonchev–Trinajstić information content (AvgIpc) is 2.42. The van der Waals surface area contributed by atoms with Crippen molar-refractivity contribution in [2.45, 2.75) is 26.2 Å². The summed E-state index contributed by atoms with van der Waals surface area (Å²) in [5, 5.41) is 0. The molecule has 0 saturated heterocycles. The molecule has 0 aromatic heterocycles. The Balaban J connectivity index is 1.76. The molecule has 0 aliphatic heterocycles. The lowest BCUT2D eigenvalue weighted by molar-refractivity contribution is -0.202. The van der Waals surface area contributed by atoms with E-state index in [-0.39, 0.29) is 0 Å². The largest absolute Gasteiger partial charge is 0.330 e. The van der Waals surface area contributed by atoms with Gasteiger partial charge >= 0.3 is 0 Å². The van der Waals surface area contributed by atoms with Crippen molar-refractivity contribution in [2.24, 2.45) is 34.8 Å². The lowest BCUT2D eigenvalue weighted by Crippen LogP contribution is -2.65. The molecule has 4 aliphatic carbocycles. The Morgan fingerprint density at radius 3 is 2.36 bits per heavy atom. The summed E-state index contributed by atoms with van der Waals surface area (Å²) in [6.45, 7) is 3.37. The van der Waals surface area contributed by atoms with E-state index >= 15 is 0 Å². The van der Waals surface area contributed by atoms with Gasteiger partial charge in [0.15, 0.2) is 0 Å². The van der Waals surface area contributed by atoms with Crippen LogP contribution in [0.15, 0.2) is 0 Å². The first-order chi connectivity index (χ1) is 5.28. The fourth-order valence-corrected chi connectivity index (χ4v) is 3.78. The van der Waals surface area contributed by atoms with Crippen LogP contribution in [-0.4, -0.2) is 6.54 Å². The Hall–Kier alpha value is -0.0400. The molecule has 0 aromatic carbocycles. The minimum atomic E-state index is 0.791. The predicted molar refractivity (Wildman–Crippen MR) is 45.0 cm³/mol. The Morgan fingerprint density at radius 1 is 1.45 bits per heavy atom. The van der Waals surface area contributed by atoms with Crippen LogP contribution >= 0.6 is 0 Å². The molecular weight excluding hydrogens is 134 g/mol. The molecule has 0 aromatic rings. The van der Waals surface area contributed by atoms with Crippen LogP contribution in [0.2, 0.25) is 0 Å². The van der Waals surface area contributed by atoms with Gasteiger partial charge in [0.25, 0.3) is 0 Å². The Kier molecular flexibility index (Phi) is 0.976. The third-order valence-corrected chi connectivity index (χ3v) is 4.69. The van der Waals surface area contributed by atoms with E-state index in [1.165, 1.54) is 19.3 Å². The molecule has 4 aliphatic rings. The monoisotopic (exact) mass is 151 g/mol. The van der Waals surface area contributed by atoms with E-state index in [2.05, 4.69) is 6.92 Å². The quantitative estimate of drug-likeness (QED) is 0.637. The van der Waals surface area contributed by atoms with Crippen LogP contribution in [0.25, 0.3) is 0 Å². The lowest BCUT2D eigenvalue weighted by Gasteiger charge is -2.69. The number of rotatable bonds is 2. The van der Waals surface area contributed by atoms with E-state index in [0.29, 0.717) is 0 Å². The Labute approximate surface area is 68.3 Å². The van der Waals surface area contributed by atoms with Gasteiger partial charge in [-0.05, 0) is 54.9 Å². The molecule has 11 heavy (non-hydrogen) atoms. The molecule has 4 fully saturated rings. The van der Waals surface area contributed by atoms with Gasteiger partial charge < -0.3 is 5.73 Å². The van der Waals surface area contributed by atoms with Crippen LogP contribution in [0.5, 0.6) is 0 Å². The van der Waals surface area contributed by atoms with Crippen molar-refractivity contribution in [3.05, 3.63) is 0 Å². The molecule has 2 N–H and O–H groups in total. The first-order valence-corrected chi connectivity index (χ1v) is 4.98. The molecule has 0 radical (unpaired) electrons. The van der Waals surface area contributed by atoms with Crippen LogP contribution in [-0.2, 0) is 0 Å². The zero-order valence-corrected chi connectivity index (χ0v) is 7.22. The highest BCUT2D eigenvalue weighted by Crippen LogP contribution is 2.77. The second-order valence-corrected chi connectivity index (χ2v) is 5.06. The second-order valence-electron chi connectivity index (χ2n) is 5.06. The third kappa shape index (κ3) is 0.547. The van der Waals surface area contributed by atoms with Crippen LogP contribution in [0.1, 0.15) is 26.2 Å². The van der Waals surface area contributed by atoms with E-state index in [0.717, 1.165) is 35.6 Å². The van der Waals surface area contributed by atoms with Gasteiger partial charge in [-0.1, -0.05) is 6.92 Å². The maximum absolute atomic E-state index is 5.75. The van der Waals surface area contributed by atoms with Gasteiger partial charge in [-0.15, -0.1) is 0 Å². The molecule has 0 spiro atoms.